The van der Waals surface area contributed by atoms with Crippen molar-refractivity contribution in [3.8, 4) is 12.3 Å². The van der Waals surface area contributed by atoms with Gasteiger partial charge in [0.15, 0.2) is 0 Å². The zero-order valence-corrected chi connectivity index (χ0v) is 6.62. The fourth-order valence-electron chi connectivity index (χ4n) is 0.847. The van der Waals surface area contributed by atoms with Crippen LogP contribution in [-0.4, -0.2) is 10.7 Å². The van der Waals surface area contributed by atoms with Crippen molar-refractivity contribution in [1.82, 2.24) is 4.68 Å². The number of rotatable bonds is 3. The summed E-state index contributed by atoms with van der Waals surface area (Å²) < 4.78 is 1.87. The highest BCUT2D eigenvalue weighted by molar-refractivity contribution is 5.06. The number of nitrogens with one attached hydrogen (secondary N) is 1. The molecule has 0 aliphatic rings. The Morgan fingerprint density at radius 1 is 1.55 bits per heavy atom. The van der Waals surface area contributed by atoms with Crippen LogP contribution in [0, 0.1) is 12.3 Å². The smallest absolute Gasteiger partial charge is 0.102 e. The first kappa shape index (κ1) is 7.74. The monoisotopic (exact) mass is 148 g/mol. The van der Waals surface area contributed by atoms with Crippen LogP contribution in [0.4, 0.5) is 0 Å². The summed E-state index contributed by atoms with van der Waals surface area (Å²) in [5.74, 6) is 2.66. The molecule has 2 nitrogen and oxygen atoms in total. The third-order valence-corrected chi connectivity index (χ3v) is 1.52. The molecule has 0 amide bonds. The van der Waals surface area contributed by atoms with Gasteiger partial charge < -0.3 is 5.43 Å². The maximum absolute atomic E-state index is 5.27. The molecule has 1 heterocycles. The first-order chi connectivity index (χ1) is 5.36. The molecule has 1 N–H and O–H groups in total. The zero-order chi connectivity index (χ0) is 8.10. The van der Waals surface area contributed by atoms with Crippen molar-refractivity contribution in [2.45, 2.75) is 19.4 Å². The summed E-state index contributed by atoms with van der Waals surface area (Å²) in [4.78, 5) is 0. The lowest BCUT2D eigenvalue weighted by Crippen LogP contribution is -2.24. The quantitative estimate of drug-likeness (QED) is 0.642. The van der Waals surface area contributed by atoms with Crippen LogP contribution in [0.5, 0.6) is 0 Å². The van der Waals surface area contributed by atoms with Gasteiger partial charge in [-0.2, -0.15) is 0 Å². The van der Waals surface area contributed by atoms with Crippen LogP contribution in [0.2, 0.25) is 0 Å². The fourth-order valence-corrected chi connectivity index (χ4v) is 0.847. The minimum Gasteiger partial charge on any atom is -0.311 e. The second kappa shape index (κ2) is 3.72. The second-order valence-corrected chi connectivity index (χ2v) is 2.35. The summed E-state index contributed by atoms with van der Waals surface area (Å²) in [6, 6.07) is 4.04. The predicted octanol–water partition coefficient (Wildman–Crippen LogP) is 1.44. The molecule has 0 bridgehead atoms. The van der Waals surface area contributed by atoms with Gasteiger partial charge in [0.05, 0.1) is 0 Å². The summed E-state index contributed by atoms with van der Waals surface area (Å²) in [5, 5.41) is 0. The normalized spacial score (nSPS) is 12.0. The number of aromatic nitrogens is 1. The van der Waals surface area contributed by atoms with E-state index in [1.165, 1.54) is 0 Å². The van der Waals surface area contributed by atoms with Gasteiger partial charge in [0.25, 0.3) is 0 Å². The van der Waals surface area contributed by atoms with Gasteiger partial charge in [0, 0.05) is 12.4 Å². The summed E-state index contributed by atoms with van der Waals surface area (Å²) in [6.45, 7) is 2.06. The molecular weight excluding hydrogens is 136 g/mol. The van der Waals surface area contributed by atoms with Crippen LogP contribution in [-0.2, 0) is 0 Å². The van der Waals surface area contributed by atoms with E-state index in [1.807, 2.05) is 29.2 Å². The van der Waals surface area contributed by atoms with E-state index in [0.717, 1.165) is 6.42 Å². The number of hydrogen-bond acceptors (Lipinski definition) is 1. The van der Waals surface area contributed by atoms with Gasteiger partial charge in [-0.25, -0.2) is 0 Å². The van der Waals surface area contributed by atoms with E-state index in [4.69, 9.17) is 6.42 Å². The zero-order valence-electron chi connectivity index (χ0n) is 6.62. The molecule has 0 spiro atoms. The van der Waals surface area contributed by atoms with Crippen LogP contribution in [0.15, 0.2) is 24.5 Å². The first-order valence-corrected chi connectivity index (χ1v) is 3.72. The van der Waals surface area contributed by atoms with Crippen LogP contribution >= 0.6 is 0 Å². The van der Waals surface area contributed by atoms with Crippen LogP contribution in [0.3, 0.4) is 0 Å². The standard InChI is InChI=1S/C9H12N2/c1-3-9(4-2)10-11-7-5-6-8-11/h1,5-10H,4H2,2H3. The molecule has 0 saturated carbocycles. The lowest BCUT2D eigenvalue weighted by molar-refractivity contribution is 0.732. The van der Waals surface area contributed by atoms with E-state index in [0.29, 0.717) is 0 Å². The molecule has 1 rings (SSSR count). The lowest BCUT2D eigenvalue weighted by Gasteiger charge is -2.12. The Labute approximate surface area is 67.2 Å². The van der Waals surface area contributed by atoms with Crippen LogP contribution < -0.4 is 5.43 Å². The molecule has 0 aromatic carbocycles. The van der Waals surface area contributed by atoms with Crippen LogP contribution in [0.25, 0.3) is 0 Å². The Balaban J connectivity index is 2.49. The molecule has 58 valence electrons. The summed E-state index contributed by atoms with van der Waals surface area (Å²) in [7, 11) is 0. The highest BCUT2D eigenvalue weighted by atomic mass is 15.4. The second-order valence-electron chi connectivity index (χ2n) is 2.35. The van der Waals surface area contributed by atoms with Crippen molar-refractivity contribution in [3.05, 3.63) is 24.5 Å². The van der Waals surface area contributed by atoms with E-state index in [1.54, 1.807) is 0 Å². The highest BCUT2D eigenvalue weighted by Gasteiger charge is 1.97. The molecule has 1 unspecified atom stereocenters. The SMILES string of the molecule is C#CC(CC)Nn1cccc1. The minimum absolute atomic E-state index is 0.127. The molecule has 0 radical (unpaired) electrons. The van der Waals surface area contributed by atoms with Gasteiger partial charge >= 0.3 is 0 Å². The molecule has 0 aliphatic carbocycles. The Morgan fingerprint density at radius 2 is 2.18 bits per heavy atom. The van der Waals surface area contributed by atoms with Crippen molar-refractivity contribution in [2.24, 2.45) is 0 Å². The maximum Gasteiger partial charge on any atom is 0.102 e. The molecule has 0 saturated heterocycles. The Hall–Kier alpha value is -1.36. The van der Waals surface area contributed by atoms with Crippen molar-refractivity contribution in [2.75, 3.05) is 5.43 Å². The predicted molar refractivity (Wildman–Crippen MR) is 46.7 cm³/mol. The molecule has 0 fully saturated rings. The molecule has 1 aromatic rings. The van der Waals surface area contributed by atoms with Gasteiger partial charge in [0.1, 0.15) is 6.04 Å². The van der Waals surface area contributed by atoms with Crippen molar-refractivity contribution < 1.29 is 0 Å². The van der Waals surface area contributed by atoms with E-state index >= 15 is 0 Å². The molecule has 1 aromatic heterocycles. The lowest BCUT2D eigenvalue weighted by atomic mass is 10.2. The van der Waals surface area contributed by atoms with Crippen molar-refractivity contribution in [1.29, 1.82) is 0 Å². The van der Waals surface area contributed by atoms with Crippen molar-refractivity contribution >= 4 is 0 Å². The van der Waals surface area contributed by atoms with E-state index in [9.17, 15) is 0 Å². The highest BCUT2D eigenvalue weighted by Crippen LogP contribution is 1.92. The molecule has 11 heavy (non-hydrogen) atoms. The minimum atomic E-state index is 0.127. The third kappa shape index (κ3) is 2.05. The molecule has 2 heteroatoms. The Kier molecular flexibility index (Phi) is 2.62. The van der Waals surface area contributed by atoms with Gasteiger partial charge in [-0.05, 0) is 18.6 Å². The largest absolute Gasteiger partial charge is 0.311 e. The molecule has 1 atom stereocenters. The van der Waals surface area contributed by atoms with Gasteiger partial charge in [-0.3, -0.25) is 4.68 Å². The van der Waals surface area contributed by atoms with E-state index in [2.05, 4.69) is 18.3 Å². The Morgan fingerprint density at radius 3 is 2.64 bits per heavy atom. The van der Waals surface area contributed by atoms with Crippen molar-refractivity contribution in [3.63, 3.8) is 0 Å². The number of terminal acetylenes is 1. The van der Waals surface area contributed by atoms with Gasteiger partial charge in [-0.1, -0.05) is 12.8 Å². The first-order valence-electron chi connectivity index (χ1n) is 3.72. The summed E-state index contributed by atoms with van der Waals surface area (Å²) >= 11 is 0. The average molecular weight is 148 g/mol. The molecule has 0 aliphatic heterocycles. The molecular formula is C9H12N2. The van der Waals surface area contributed by atoms with Crippen LogP contribution in [0.1, 0.15) is 13.3 Å². The van der Waals surface area contributed by atoms with Gasteiger partial charge in [0.2, 0.25) is 0 Å². The number of hydrogen-bond donors (Lipinski definition) is 1. The average Bonchev–Trinajstić information content (AvgIpc) is 2.52. The maximum atomic E-state index is 5.27. The fraction of sp³-hybridized carbons (Fsp3) is 0.333. The van der Waals surface area contributed by atoms with E-state index < -0.39 is 0 Å². The number of nitrogens with zero attached hydrogens (tertiary/aromatic N) is 1. The summed E-state index contributed by atoms with van der Waals surface area (Å²) in [6.07, 6.45) is 10.1. The van der Waals surface area contributed by atoms with E-state index in [-0.39, 0.29) is 6.04 Å². The topological polar surface area (TPSA) is 17.0 Å². The summed E-state index contributed by atoms with van der Waals surface area (Å²) in [5.41, 5.74) is 3.14. The van der Waals surface area contributed by atoms with Gasteiger partial charge in [-0.15, -0.1) is 6.42 Å². The Bertz CT molecular complexity index is 231. The third-order valence-electron chi connectivity index (χ3n) is 1.52.